The number of amides is 2. The van der Waals surface area contributed by atoms with Gasteiger partial charge in [-0.1, -0.05) is 12.5 Å². The Morgan fingerprint density at radius 2 is 1.91 bits per heavy atom. The number of hydrogen-bond donors (Lipinski definition) is 3. The number of rotatable bonds is 5. The molecule has 23 heavy (non-hydrogen) atoms. The standard InChI is InChI=1S/C18H24N2O3/c21-16-6-2-5-15(16)10-19-17(22)11-20-18(23)14-8-7-12-3-1-4-13(12)9-14/h7-9,15-16,21H,1-6,10-11H2,(H,19,22)(H,20,23)/t15-,16-/m0/s1. The summed E-state index contributed by atoms with van der Waals surface area (Å²) in [6.45, 7) is 0.452. The van der Waals surface area contributed by atoms with Crippen LogP contribution in [0.4, 0.5) is 0 Å². The lowest BCUT2D eigenvalue weighted by Gasteiger charge is -2.15. The lowest BCUT2D eigenvalue weighted by Crippen LogP contribution is -2.40. The second kappa shape index (κ2) is 7.13. The summed E-state index contributed by atoms with van der Waals surface area (Å²) < 4.78 is 0. The molecular weight excluding hydrogens is 292 g/mol. The molecule has 0 unspecified atom stereocenters. The van der Waals surface area contributed by atoms with E-state index in [9.17, 15) is 14.7 Å². The SMILES string of the molecule is O=C(CNC(=O)c1ccc2c(c1)CCC2)NC[C@@H]1CCC[C@@H]1O. The van der Waals surface area contributed by atoms with Gasteiger partial charge in [0, 0.05) is 18.0 Å². The molecule has 5 heteroatoms. The first-order valence-electron chi connectivity index (χ1n) is 8.48. The van der Waals surface area contributed by atoms with Crippen LogP contribution >= 0.6 is 0 Å². The van der Waals surface area contributed by atoms with Gasteiger partial charge in [-0.15, -0.1) is 0 Å². The Labute approximate surface area is 136 Å². The molecule has 2 atom stereocenters. The van der Waals surface area contributed by atoms with Crippen LogP contribution in [0.2, 0.25) is 0 Å². The molecule has 1 aromatic rings. The molecule has 0 spiro atoms. The Hall–Kier alpha value is -1.88. The second-order valence-electron chi connectivity index (χ2n) is 6.58. The molecule has 5 nitrogen and oxygen atoms in total. The number of carbonyl (C=O) groups is 2. The van der Waals surface area contributed by atoms with Gasteiger partial charge >= 0.3 is 0 Å². The summed E-state index contributed by atoms with van der Waals surface area (Å²) in [5.74, 6) is -0.277. The van der Waals surface area contributed by atoms with E-state index in [1.165, 1.54) is 11.1 Å². The number of aliphatic hydroxyl groups excluding tert-OH is 1. The summed E-state index contributed by atoms with van der Waals surface area (Å²) in [7, 11) is 0. The number of nitrogens with one attached hydrogen (secondary N) is 2. The van der Waals surface area contributed by atoms with E-state index in [0.29, 0.717) is 12.1 Å². The predicted molar refractivity (Wildman–Crippen MR) is 87.2 cm³/mol. The molecule has 3 N–H and O–H groups in total. The fourth-order valence-corrected chi connectivity index (χ4v) is 3.54. The zero-order valence-corrected chi connectivity index (χ0v) is 13.3. The van der Waals surface area contributed by atoms with Gasteiger partial charge in [-0.05, 0) is 55.4 Å². The maximum absolute atomic E-state index is 12.1. The van der Waals surface area contributed by atoms with E-state index < -0.39 is 0 Å². The predicted octanol–water partition coefficient (Wildman–Crippen LogP) is 1.18. The van der Waals surface area contributed by atoms with Gasteiger partial charge in [0.1, 0.15) is 0 Å². The van der Waals surface area contributed by atoms with Gasteiger partial charge in [0.05, 0.1) is 12.6 Å². The number of aliphatic hydroxyl groups is 1. The molecule has 124 valence electrons. The first-order chi connectivity index (χ1) is 11.1. The lowest BCUT2D eigenvalue weighted by molar-refractivity contribution is -0.120. The van der Waals surface area contributed by atoms with E-state index in [1.807, 2.05) is 18.2 Å². The zero-order valence-electron chi connectivity index (χ0n) is 13.3. The maximum Gasteiger partial charge on any atom is 0.251 e. The average Bonchev–Trinajstić information content (AvgIpc) is 3.18. The van der Waals surface area contributed by atoms with Crippen LogP contribution in [-0.2, 0) is 17.6 Å². The minimum absolute atomic E-state index is 0.0290. The topological polar surface area (TPSA) is 78.4 Å². The third kappa shape index (κ3) is 3.91. The van der Waals surface area contributed by atoms with Crippen molar-refractivity contribution in [1.82, 2.24) is 10.6 Å². The molecule has 1 aromatic carbocycles. The fraction of sp³-hybridized carbons (Fsp3) is 0.556. The molecule has 0 radical (unpaired) electrons. The van der Waals surface area contributed by atoms with Crippen LogP contribution in [0.15, 0.2) is 18.2 Å². The number of aryl methyl sites for hydroxylation is 2. The van der Waals surface area contributed by atoms with E-state index in [4.69, 9.17) is 0 Å². The summed E-state index contributed by atoms with van der Waals surface area (Å²) in [5, 5.41) is 15.2. The molecule has 1 fully saturated rings. The normalized spacial score (nSPS) is 22.7. The Kier molecular flexibility index (Phi) is 4.96. The van der Waals surface area contributed by atoms with Crippen LogP contribution < -0.4 is 10.6 Å². The van der Waals surface area contributed by atoms with Crippen molar-refractivity contribution in [3.8, 4) is 0 Å². The summed E-state index contributed by atoms with van der Waals surface area (Å²) in [6, 6.07) is 5.77. The first kappa shape index (κ1) is 16.0. The number of carbonyl (C=O) groups excluding carboxylic acids is 2. The van der Waals surface area contributed by atoms with Gasteiger partial charge in [0.25, 0.3) is 5.91 Å². The summed E-state index contributed by atoms with van der Waals surface area (Å²) in [6.07, 6.45) is 5.73. The summed E-state index contributed by atoms with van der Waals surface area (Å²) in [4.78, 5) is 24.0. The van der Waals surface area contributed by atoms with Crippen LogP contribution in [0.25, 0.3) is 0 Å². The monoisotopic (exact) mass is 316 g/mol. The minimum Gasteiger partial charge on any atom is -0.393 e. The van der Waals surface area contributed by atoms with Crippen molar-refractivity contribution >= 4 is 11.8 Å². The molecular formula is C18H24N2O3. The third-order valence-corrected chi connectivity index (χ3v) is 4.95. The minimum atomic E-state index is -0.309. The molecule has 0 heterocycles. The van der Waals surface area contributed by atoms with Gasteiger partial charge in [-0.3, -0.25) is 9.59 Å². The molecule has 3 rings (SSSR count). The molecule has 2 amide bonds. The molecule has 0 aliphatic heterocycles. The average molecular weight is 316 g/mol. The van der Waals surface area contributed by atoms with Gasteiger partial charge in [-0.2, -0.15) is 0 Å². The van der Waals surface area contributed by atoms with E-state index in [0.717, 1.165) is 38.5 Å². The van der Waals surface area contributed by atoms with Crippen LogP contribution in [0.5, 0.6) is 0 Å². The Morgan fingerprint density at radius 1 is 1.09 bits per heavy atom. The van der Waals surface area contributed by atoms with E-state index >= 15 is 0 Å². The van der Waals surface area contributed by atoms with Crippen molar-refractivity contribution in [2.75, 3.05) is 13.1 Å². The second-order valence-corrected chi connectivity index (χ2v) is 6.58. The summed E-state index contributed by atoms with van der Waals surface area (Å²) in [5.41, 5.74) is 3.19. The van der Waals surface area contributed by atoms with Crippen LogP contribution in [0.3, 0.4) is 0 Å². The van der Waals surface area contributed by atoms with Gasteiger partial charge in [-0.25, -0.2) is 0 Å². The van der Waals surface area contributed by atoms with Crippen LogP contribution in [-0.4, -0.2) is 36.1 Å². The smallest absolute Gasteiger partial charge is 0.251 e. The number of fused-ring (bicyclic) bond motifs is 1. The van der Waals surface area contributed by atoms with Gasteiger partial charge in [0.15, 0.2) is 0 Å². The highest BCUT2D eigenvalue weighted by Gasteiger charge is 2.25. The molecule has 2 aliphatic carbocycles. The van der Waals surface area contributed by atoms with E-state index in [2.05, 4.69) is 10.6 Å². The van der Waals surface area contributed by atoms with Crippen molar-refractivity contribution in [2.24, 2.45) is 5.92 Å². The molecule has 0 saturated heterocycles. The molecule has 1 saturated carbocycles. The largest absolute Gasteiger partial charge is 0.393 e. The van der Waals surface area contributed by atoms with E-state index in [1.54, 1.807) is 0 Å². The van der Waals surface area contributed by atoms with Crippen LogP contribution in [0.1, 0.15) is 47.2 Å². The highest BCUT2D eigenvalue weighted by Crippen LogP contribution is 2.24. The van der Waals surface area contributed by atoms with Gasteiger partial charge < -0.3 is 15.7 Å². The van der Waals surface area contributed by atoms with E-state index in [-0.39, 0.29) is 30.4 Å². The third-order valence-electron chi connectivity index (χ3n) is 4.95. The Bertz CT molecular complexity index is 600. The highest BCUT2D eigenvalue weighted by molar-refractivity contribution is 5.96. The Balaban J connectivity index is 1.44. The molecule has 0 bridgehead atoms. The maximum atomic E-state index is 12.1. The lowest BCUT2D eigenvalue weighted by atomic mass is 10.1. The highest BCUT2D eigenvalue weighted by atomic mass is 16.3. The van der Waals surface area contributed by atoms with Gasteiger partial charge in [0.2, 0.25) is 5.91 Å². The zero-order chi connectivity index (χ0) is 16.2. The number of benzene rings is 1. The van der Waals surface area contributed by atoms with Crippen molar-refractivity contribution in [3.05, 3.63) is 34.9 Å². The molecule has 2 aliphatic rings. The fourth-order valence-electron chi connectivity index (χ4n) is 3.54. The Morgan fingerprint density at radius 3 is 2.70 bits per heavy atom. The van der Waals surface area contributed by atoms with Crippen molar-refractivity contribution in [2.45, 2.75) is 44.6 Å². The van der Waals surface area contributed by atoms with Crippen molar-refractivity contribution < 1.29 is 14.7 Å². The summed E-state index contributed by atoms with van der Waals surface area (Å²) >= 11 is 0. The quantitative estimate of drug-likeness (QED) is 0.763. The van der Waals surface area contributed by atoms with Crippen LogP contribution in [0, 0.1) is 5.92 Å². The first-order valence-corrected chi connectivity index (χ1v) is 8.48. The van der Waals surface area contributed by atoms with Crippen molar-refractivity contribution in [1.29, 1.82) is 0 Å². The van der Waals surface area contributed by atoms with Crippen molar-refractivity contribution in [3.63, 3.8) is 0 Å². The number of hydrogen-bond acceptors (Lipinski definition) is 3. The molecule has 0 aromatic heterocycles.